The van der Waals surface area contributed by atoms with Crippen LogP contribution in [0.5, 0.6) is 0 Å². The van der Waals surface area contributed by atoms with Gasteiger partial charge in [-0.15, -0.1) is 0 Å². The Bertz CT molecular complexity index is 587. The first-order valence-corrected chi connectivity index (χ1v) is 8.64. The fraction of sp³-hybridized carbons (Fsp3) is 0.579. The number of carbonyl (C=O) groups is 1. The number of benzene rings is 1. The van der Waals surface area contributed by atoms with Gasteiger partial charge in [0.05, 0.1) is 12.1 Å². The van der Waals surface area contributed by atoms with Crippen molar-refractivity contribution in [1.29, 1.82) is 5.26 Å². The average Bonchev–Trinajstić information content (AvgIpc) is 2.61. The van der Waals surface area contributed by atoms with Gasteiger partial charge in [0, 0.05) is 31.9 Å². The lowest BCUT2D eigenvalue weighted by Gasteiger charge is -2.39. The zero-order chi connectivity index (χ0) is 17.7. The lowest BCUT2D eigenvalue weighted by molar-refractivity contribution is -0.127. The molecular weight excluding hydrogens is 300 g/mol. The average molecular weight is 328 g/mol. The molecule has 5 heteroatoms. The van der Waals surface area contributed by atoms with E-state index in [9.17, 15) is 10.1 Å². The van der Waals surface area contributed by atoms with Gasteiger partial charge >= 0.3 is 0 Å². The highest BCUT2D eigenvalue weighted by molar-refractivity contribution is 5.82. The van der Waals surface area contributed by atoms with Gasteiger partial charge in [0.2, 0.25) is 5.91 Å². The number of rotatable bonds is 5. The first-order valence-electron chi connectivity index (χ1n) is 8.64. The fourth-order valence-electron chi connectivity index (χ4n) is 2.83. The Balaban J connectivity index is 1.92. The third-order valence-electron chi connectivity index (χ3n) is 5.13. The lowest BCUT2D eigenvalue weighted by atomic mass is 9.89. The van der Waals surface area contributed by atoms with Crippen molar-refractivity contribution in [2.75, 3.05) is 31.1 Å². The molecule has 1 aliphatic rings. The molecule has 0 aliphatic carbocycles. The molecular formula is C19H28N4O. The van der Waals surface area contributed by atoms with Crippen molar-refractivity contribution in [3.8, 4) is 6.07 Å². The summed E-state index contributed by atoms with van der Waals surface area (Å²) in [6.07, 6.45) is 0. The third kappa shape index (κ3) is 4.07. The number of piperazine rings is 1. The number of hydrogen-bond donors (Lipinski definition) is 1. The van der Waals surface area contributed by atoms with Crippen LogP contribution in [-0.2, 0) is 4.79 Å². The quantitative estimate of drug-likeness (QED) is 0.901. The number of para-hydroxylation sites is 1. The van der Waals surface area contributed by atoms with E-state index in [4.69, 9.17) is 0 Å². The molecule has 1 heterocycles. The van der Waals surface area contributed by atoms with Crippen LogP contribution in [0.15, 0.2) is 30.3 Å². The molecule has 5 nitrogen and oxygen atoms in total. The summed E-state index contributed by atoms with van der Waals surface area (Å²) in [4.78, 5) is 17.1. The van der Waals surface area contributed by atoms with Gasteiger partial charge in [-0.2, -0.15) is 5.26 Å². The molecule has 0 aromatic heterocycles. The summed E-state index contributed by atoms with van der Waals surface area (Å²) in [7, 11) is 0. The van der Waals surface area contributed by atoms with E-state index in [2.05, 4.69) is 33.3 Å². The molecule has 1 aliphatic heterocycles. The maximum atomic E-state index is 12.6. The predicted octanol–water partition coefficient (Wildman–Crippen LogP) is 2.25. The molecule has 0 spiro atoms. The molecule has 2 rings (SSSR count). The largest absolute Gasteiger partial charge is 0.369 e. The van der Waals surface area contributed by atoms with Gasteiger partial charge in [-0.25, -0.2) is 0 Å². The molecule has 0 saturated carbocycles. The maximum absolute atomic E-state index is 12.6. The van der Waals surface area contributed by atoms with Crippen LogP contribution in [0.4, 0.5) is 5.69 Å². The summed E-state index contributed by atoms with van der Waals surface area (Å²) >= 11 is 0. The van der Waals surface area contributed by atoms with Gasteiger partial charge in [-0.05, 0) is 31.9 Å². The normalized spacial score (nSPS) is 19.4. The Morgan fingerprint density at radius 2 is 1.75 bits per heavy atom. The smallest absolute Gasteiger partial charge is 0.238 e. The Morgan fingerprint density at radius 1 is 1.17 bits per heavy atom. The summed E-state index contributed by atoms with van der Waals surface area (Å²) < 4.78 is 0. The van der Waals surface area contributed by atoms with Crippen LogP contribution in [0.25, 0.3) is 0 Å². The summed E-state index contributed by atoms with van der Waals surface area (Å²) in [5, 5.41) is 12.3. The minimum Gasteiger partial charge on any atom is -0.369 e. The Labute approximate surface area is 145 Å². The molecule has 1 fully saturated rings. The third-order valence-corrected chi connectivity index (χ3v) is 5.13. The summed E-state index contributed by atoms with van der Waals surface area (Å²) in [6, 6.07) is 12.4. The van der Waals surface area contributed by atoms with E-state index in [0.717, 1.165) is 26.2 Å². The fourth-order valence-corrected chi connectivity index (χ4v) is 2.83. The van der Waals surface area contributed by atoms with Crippen LogP contribution >= 0.6 is 0 Å². The molecule has 1 aromatic carbocycles. The van der Waals surface area contributed by atoms with Gasteiger partial charge in [-0.1, -0.05) is 32.0 Å². The SMILES string of the molecule is CC(C)[C@](C)(C#N)NC(=O)[C@@H](C)N1CCN(c2ccccc2)CC1. The predicted molar refractivity (Wildman–Crippen MR) is 96.7 cm³/mol. The van der Waals surface area contributed by atoms with Gasteiger partial charge in [0.25, 0.3) is 0 Å². The molecule has 0 bridgehead atoms. The van der Waals surface area contributed by atoms with E-state index < -0.39 is 5.54 Å². The van der Waals surface area contributed by atoms with Crippen molar-refractivity contribution in [1.82, 2.24) is 10.2 Å². The maximum Gasteiger partial charge on any atom is 0.238 e. The van der Waals surface area contributed by atoms with Crippen LogP contribution in [0.3, 0.4) is 0 Å². The second-order valence-electron chi connectivity index (χ2n) is 6.99. The van der Waals surface area contributed by atoms with Crippen LogP contribution in [0, 0.1) is 17.2 Å². The number of amides is 1. The van der Waals surface area contributed by atoms with E-state index in [1.165, 1.54) is 5.69 Å². The van der Waals surface area contributed by atoms with Crippen LogP contribution in [0.1, 0.15) is 27.7 Å². The highest BCUT2D eigenvalue weighted by atomic mass is 16.2. The number of nitriles is 1. The van der Waals surface area contributed by atoms with Crippen molar-refractivity contribution in [2.45, 2.75) is 39.3 Å². The minimum atomic E-state index is -0.822. The number of nitrogens with zero attached hydrogens (tertiary/aromatic N) is 3. The summed E-state index contributed by atoms with van der Waals surface area (Å²) in [6.45, 7) is 11.1. The van der Waals surface area contributed by atoms with Crippen LogP contribution in [0.2, 0.25) is 0 Å². The zero-order valence-corrected chi connectivity index (χ0v) is 15.1. The Morgan fingerprint density at radius 3 is 2.25 bits per heavy atom. The lowest BCUT2D eigenvalue weighted by Crippen LogP contribution is -2.58. The summed E-state index contributed by atoms with van der Waals surface area (Å²) in [5.74, 6) is -0.00510. The van der Waals surface area contributed by atoms with Crippen molar-refractivity contribution < 1.29 is 4.79 Å². The van der Waals surface area contributed by atoms with Crippen molar-refractivity contribution in [2.24, 2.45) is 5.92 Å². The van der Waals surface area contributed by atoms with Crippen molar-refractivity contribution in [3.63, 3.8) is 0 Å². The molecule has 1 saturated heterocycles. The van der Waals surface area contributed by atoms with Crippen LogP contribution in [-0.4, -0.2) is 48.6 Å². The van der Waals surface area contributed by atoms with Crippen molar-refractivity contribution in [3.05, 3.63) is 30.3 Å². The Hall–Kier alpha value is -2.06. The van der Waals surface area contributed by atoms with Crippen molar-refractivity contribution >= 4 is 11.6 Å². The van der Waals surface area contributed by atoms with E-state index >= 15 is 0 Å². The van der Waals surface area contributed by atoms with Gasteiger partial charge < -0.3 is 10.2 Å². The standard InChI is InChI=1S/C19H28N4O/c1-15(2)19(4,14-20)21-18(24)16(3)22-10-12-23(13-11-22)17-8-6-5-7-9-17/h5-9,15-16H,10-13H2,1-4H3,(H,21,24)/t16-,19+/m1/s1. The first-order chi connectivity index (χ1) is 11.4. The second-order valence-corrected chi connectivity index (χ2v) is 6.99. The monoisotopic (exact) mass is 328 g/mol. The molecule has 1 amide bonds. The topological polar surface area (TPSA) is 59.4 Å². The van der Waals surface area contributed by atoms with E-state index in [-0.39, 0.29) is 17.9 Å². The van der Waals surface area contributed by atoms with E-state index in [1.54, 1.807) is 6.92 Å². The molecule has 0 radical (unpaired) electrons. The molecule has 1 N–H and O–H groups in total. The van der Waals surface area contributed by atoms with E-state index in [1.807, 2.05) is 39.0 Å². The molecule has 0 unspecified atom stereocenters. The van der Waals surface area contributed by atoms with E-state index in [0.29, 0.717) is 0 Å². The second kappa shape index (κ2) is 7.67. The molecule has 2 atom stereocenters. The number of carbonyl (C=O) groups excluding carboxylic acids is 1. The van der Waals surface area contributed by atoms with Crippen LogP contribution < -0.4 is 10.2 Å². The number of nitrogens with one attached hydrogen (secondary N) is 1. The minimum absolute atomic E-state index is 0.0635. The summed E-state index contributed by atoms with van der Waals surface area (Å²) in [5.41, 5.74) is 0.406. The highest BCUT2D eigenvalue weighted by Gasteiger charge is 2.33. The number of anilines is 1. The molecule has 24 heavy (non-hydrogen) atoms. The molecule has 130 valence electrons. The Kier molecular flexibility index (Phi) is 5.84. The van der Waals surface area contributed by atoms with Gasteiger partial charge in [-0.3, -0.25) is 9.69 Å². The van der Waals surface area contributed by atoms with Gasteiger partial charge in [0.1, 0.15) is 5.54 Å². The first kappa shape index (κ1) is 18.3. The number of hydrogen-bond acceptors (Lipinski definition) is 4. The molecule has 1 aromatic rings. The zero-order valence-electron chi connectivity index (χ0n) is 15.1. The van der Waals surface area contributed by atoms with Gasteiger partial charge in [0.15, 0.2) is 0 Å². The highest BCUT2D eigenvalue weighted by Crippen LogP contribution is 2.18.